The molecule has 1 heterocycles. The first-order valence-electron chi connectivity index (χ1n) is 3.45. The minimum absolute atomic E-state index is 0.240. The normalized spacial score (nSPS) is 8.50. The van der Waals surface area contributed by atoms with Crippen molar-refractivity contribution in [1.82, 2.24) is 9.97 Å². The molecule has 0 bridgehead atoms. The maximum absolute atomic E-state index is 5.56. The van der Waals surface area contributed by atoms with E-state index in [1.54, 1.807) is 19.2 Å². The highest BCUT2D eigenvalue weighted by Crippen LogP contribution is 2.04. The Labute approximate surface area is 76.2 Å². The van der Waals surface area contributed by atoms with Gasteiger partial charge < -0.3 is 5.32 Å². The molecule has 0 radical (unpaired) electrons. The topological polar surface area (TPSA) is 37.8 Å². The highest BCUT2D eigenvalue weighted by molar-refractivity contribution is 6.28. The summed E-state index contributed by atoms with van der Waals surface area (Å²) < 4.78 is 0. The van der Waals surface area contributed by atoms with Gasteiger partial charge in [0.25, 0.3) is 0 Å². The molecular weight excluding hydrogens is 174 g/mol. The lowest BCUT2D eigenvalue weighted by molar-refractivity contribution is 1.15. The lowest BCUT2D eigenvalue weighted by Crippen LogP contribution is -2.00. The van der Waals surface area contributed by atoms with E-state index in [1.165, 1.54) is 0 Å². The first-order chi connectivity index (χ1) is 5.83. The summed E-state index contributed by atoms with van der Waals surface area (Å²) in [6, 6.07) is 1.74. The van der Waals surface area contributed by atoms with E-state index >= 15 is 0 Å². The Morgan fingerprint density at radius 3 is 3.17 bits per heavy atom. The van der Waals surface area contributed by atoms with Crippen molar-refractivity contribution >= 4 is 17.4 Å². The summed E-state index contributed by atoms with van der Waals surface area (Å²) in [4.78, 5) is 7.67. The van der Waals surface area contributed by atoms with Crippen molar-refractivity contribution < 1.29 is 0 Å². The summed E-state index contributed by atoms with van der Waals surface area (Å²) in [6.07, 6.45) is 1.59. The summed E-state index contributed by atoms with van der Waals surface area (Å²) >= 11 is 5.56. The Bertz CT molecular complexity index is 314. The standard InChI is InChI=1S/C8H8ClN3/c1-2-3-5-10-7-4-6-11-8(9)12-7/h4,6H,5H2,1H3,(H,10,11,12). The van der Waals surface area contributed by atoms with Gasteiger partial charge in [-0.1, -0.05) is 5.92 Å². The molecule has 0 aliphatic carbocycles. The second kappa shape index (κ2) is 4.58. The Balaban J connectivity index is 2.55. The molecular formula is C8H8ClN3. The molecule has 0 fully saturated rings. The molecule has 1 aromatic heterocycles. The summed E-state index contributed by atoms with van der Waals surface area (Å²) in [7, 11) is 0. The van der Waals surface area contributed by atoms with Gasteiger partial charge in [-0.3, -0.25) is 0 Å². The molecule has 0 aliphatic rings. The fourth-order valence-electron chi connectivity index (χ4n) is 0.656. The van der Waals surface area contributed by atoms with Gasteiger partial charge in [-0.2, -0.15) is 0 Å². The van der Waals surface area contributed by atoms with Crippen LogP contribution in [0.4, 0.5) is 5.82 Å². The maximum Gasteiger partial charge on any atom is 0.224 e. The molecule has 0 unspecified atom stereocenters. The first kappa shape index (κ1) is 8.82. The molecule has 0 amide bonds. The van der Waals surface area contributed by atoms with Crippen LogP contribution in [-0.4, -0.2) is 16.5 Å². The van der Waals surface area contributed by atoms with Crippen LogP contribution in [0.5, 0.6) is 0 Å². The largest absolute Gasteiger partial charge is 0.359 e. The van der Waals surface area contributed by atoms with Gasteiger partial charge >= 0.3 is 0 Å². The Morgan fingerprint density at radius 1 is 1.67 bits per heavy atom. The third-order valence-corrected chi connectivity index (χ3v) is 1.34. The molecule has 0 saturated heterocycles. The van der Waals surface area contributed by atoms with Crippen molar-refractivity contribution in [3.05, 3.63) is 17.5 Å². The summed E-state index contributed by atoms with van der Waals surface area (Å²) in [5.74, 6) is 6.31. The number of halogens is 1. The third kappa shape index (κ3) is 2.77. The molecule has 3 nitrogen and oxygen atoms in total. The van der Waals surface area contributed by atoms with Gasteiger partial charge in [0, 0.05) is 6.20 Å². The van der Waals surface area contributed by atoms with E-state index in [4.69, 9.17) is 11.6 Å². The van der Waals surface area contributed by atoms with Gasteiger partial charge in [0.15, 0.2) is 0 Å². The molecule has 0 aromatic carbocycles. The monoisotopic (exact) mass is 181 g/mol. The van der Waals surface area contributed by atoms with Crippen LogP contribution >= 0.6 is 11.6 Å². The molecule has 0 aliphatic heterocycles. The van der Waals surface area contributed by atoms with Crippen molar-refractivity contribution in [2.24, 2.45) is 0 Å². The Kier molecular flexibility index (Phi) is 3.36. The molecule has 0 atom stereocenters. The third-order valence-electron chi connectivity index (χ3n) is 1.16. The Hall–Kier alpha value is -1.27. The lowest BCUT2D eigenvalue weighted by atomic mass is 10.5. The van der Waals surface area contributed by atoms with Crippen LogP contribution in [0.15, 0.2) is 12.3 Å². The van der Waals surface area contributed by atoms with Crippen molar-refractivity contribution in [1.29, 1.82) is 0 Å². The van der Waals surface area contributed by atoms with Crippen molar-refractivity contribution in [3.8, 4) is 11.8 Å². The highest BCUT2D eigenvalue weighted by atomic mass is 35.5. The molecule has 1 aromatic rings. The molecule has 0 saturated carbocycles. The number of nitrogens with one attached hydrogen (secondary N) is 1. The van der Waals surface area contributed by atoms with Gasteiger partial charge in [-0.25, -0.2) is 9.97 Å². The van der Waals surface area contributed by atoms with Crippen LogP contribution in [0.3, 0.4) is 0 Å². The second-order valence-electron chi connectivity index (χ2n) is 1.99. The zero-order valence-electron chi connectivity index (χ0n) is 6.63. The number of rotatable bonds is 2. The van der Waals surface area contributed by atoms with Crippen molar-refractivity contribution in [3.63, 3.8) is 0 Å². The van der Waals surface area contributed by atoms with Gasteiger partial charge in [0.2, 0.25) is 5.28 Å². The lowest BCUT2D eigenvalue weighted by Gasteiger charge is -1.99. The smallest absolute Gasteiger partial charge is 0.224 e. The number of nitrogens with zero attached hydrogens (tertiary/aromatic N) is 2. The molecule has 1 N–H and O–H groups in total. The van der Waals surface area contributed by atoms with Crippen LogP contribution in [0.25, 0.3) is 0 Å². The molecule has 1 rings (SSSR count). The summed E-state index contributed by atoms with van der Waals surface area (Å²) in [6.45, 7) is 2.36. The minimum Gasteiger partial charge on any atom is -0.359 e. The van der Waals surface area contributed by atoms with Crippen LogP contribution < -0.4 is 5.32 Å². The molecule has 0 spiro atoms. The van der Waals surface area contributed by atoms with E-state index < -0.39 is 0 Å². The summed E-state index contributed by atoms with van der Waals surface area (Å²) in [5, 5.41) is 3.22. The van der Waals surface area contributed by atoms with E-state index in [0.717, 1.165) is 0 Å². The molecule has 4 heteroatoms. The van der Waals surface area contributed by atoms with Crippen LogP contribution in [0, 0.1) is 11.8 Å². The highest BCUT2D eigenvalue weighted by Gasteiger charge is 1.92. The average molecular weight is 182 g/mol. The van der Waals surface area contributed by atoms with Crippen molar-refractivity contribution in [2.45, 2.75) is 6.92 Å². The first-order valence-corrected chi connectivity index (χ1v) is 3.83. The fraction of sp³-hybridized carbons (Fsp3) is 0.250. The van der Waals surface area contributed by atoms with Gasteiger partial charge in [0.05, 0.1) is 6.54 Å². The van der Waals surface area contributed by atoms with Gasteiger partial charge in [-0.05, 0) is 24.6 Å². The number of anilines is 1. The predicted molar refractivity (Wildman–Crippen MR) is 49.0 cm³/mol. The molecule has 12 heavy (non-hydrogen) atoms. The van der Waals surface area contributed by atoms with Gasteiger partial charge in [0.1, 0.15) is 5.82 Å². The average Bonchev–Trinajstić information content (AvgIpc) is 2.05. The van der Waals surface area contributed by atoms with E-state index in [0.29, 0.717) is 12.4 Å². The fourth-order valence-corrected chi connectivity index (χ4v) is 0.804. The Morgan fingerprint density at radius 2 is 2.50 bits per heavy atom. The SMILES string of the molecule is CC#CCNc1ccnc(Cl)n1. The number of aromatic nitrogens is 2. The second-order valence-corrected chi connectivity index (χ2v) is 2.33. The quantitative estimate of drug-likeness (QED) is 0.556. The summed E-state index contributed by atoms with van der Waals surface area (Å²) in [5.41, 5.74) is 0. The molecule has 62 valence electrons. The zero-order chi connectivity index (χ0) is 8.81. The van der Waals surface area contributed by atoms with Crippen molar-refractivity contribution in [2.75, 3.05) is 11.9 Å². The van der Waals surface area contributed by atoms with E-state index in [2.05, 4.69) is 27.1 Å². The maximum atomic E-state index is 5.56. The predicted octanol–water partition coefficient (Wildman–Crippen LogP) is 1.57. The van der Waals surface area contributed by atoms with Crippen LogP contribution in [0.2, 0.25) is 5.28 Å². The zero-order valence-corrected chi connectivity index (χ0v) is 7.39. The number of hydrogen-bond donors (Lipinski definition) is 1. The van der Waals surface area contributed by atoms with E-state index in [9.17, 15) is 0 Å². The number of hydrogen-bond acceptors (Lipinski definition) is 3. The van der Waals surface area contributed by atoms with E-state index in [-0.39, 0.29) is 5.28 Å². The van der Waals surface area contributed by atoms with Crippen LogP contribution in [-0.2, 0) is 0 Å². The van der Waals surface area contributed by atoms with Gasteiger partial charge in [-0.15, -0.1) is 5.92 Å². The van der Waals surface area contributed by atoms with Crippen LogP contribution in [0.1, 0.15) is 6.92 Å². The minimum atomic E-state index is 0.240. The van der Waals surface area contributed by atoms with E-state index in [1.807, 2.05) is 0 Å².